The van der Waals surface area contributed by atoms with E-state index >= 15 is 0 Å². The number of anilines is 1. The second kappa shape index (κ2) is 10.2. The van der Waals surface area contributed by atoms with Crippen LogP contribution in [0.25, 0.3) is 0 Å². The Morgan fingerprint density at radius 1 is 0.975 bits per heavy atom. The lowest BCUT2D eigenvalue weighted by Crippen LogP contribution is -2.46. The van der Waals surface area contributed by atoms with Crippen LogP contribution in [0.2, 0.25) is 0 Å². The summed E-state index contributed by atoms with van der Waals surface area (Å²) in [5.41, 5.74) is 7.83. The number of carbonyl (C=O) groups is 1. The molecule has 2 N–H and O–H groups in total. The molecule has 6 heteroatoms. The van der Waals surface area contributed by atoms with Crippen LogP contribution in [0, 0.1) is 0 Å². The Balaban J connectivity index is 1.23. The van der Waals surface area contributed by atoms with E-state index in [0.717, 1.165) is 41.5 Å². The lowest BCUT2D eigenvalue weighted by molar-refractivity contribution is -0.114. The summed E-state index contributed by atoms with van der Waals surface area (Å²) in [6.45, 7) is 3.30. The van der Waals surface area contributed by atoms with Crippen LogP contribution in [0.5, 0.6) is 0 Å². The summed E-state index contributed by atoms with van der Waals surface area (Å²) in [4.78, 5) is 19.9. The van der Waals surface area contributed by atoms with E-state index in [2.05, 4.69) is 64.8 Å². The molecule has 1 amide bonds. The van der Waals surface area contributed by atoms with Crippen molar-refractivity contribution in [2.24, 2.45) is 0 Å². The van der Waals surface area contributed by atoms with Gasteiger partial charge in [-0.2, -0.15) is 0 Å². The van der Waals surface area contributed by atoms with Crippen LogP contribution in [0.15, 0.2) is 101 Å². The molecule has 4 aromatic rings. The highest BCUT2D eigenvalue weighted by atomic mass is 32.2. The van der Waals surface area contributed by atoms with Gasteiger partial charge in [0.1, 0.15) is 5.03 Å². The van der Waals surface area contributed by atoms with E-state index in [4.69, 9.17) is 4.98 Å². The molecule has 2 heterocycles. The zero-order valence-electron chi connectivity index (χ0n) is 22.6. The molecule has 5 nitrogen and oxygen atoms in total. The number of likely N-dealkylation sites (tertiary alicyclic amines) is 1. The molecule has 40 heavy (non-hydrogen) atoms. The minimum Gasteiger partial charge on any atom is -0.393 e. The van der Waals surface area contributed by atoms with Crippen LogP contribution in [0.1, 0.15) is 66.0 Å². The first-order valence-electron chi connectivity index (χ1n) is 14.1. The molecule has 0 radical (unpaired) electrons. The molecule has 2 atom stereocenters. The van der Waals surface area contributed by atoms with Crippen molar-refractivity contribution in [3.05, 3.63) is 119 Å². The molecule has 2 bridgehead atoms. The summed E-state index contributed by atoms with van der Waals surface area (Å²) in [6.07, 6.45) is 4.13. The van der Waals surface area contributed by atoms with E-state index in [0.29, 0.717) is 12.3 Å². The molecular formula is C34H33N3O2S. The summed E-state index contributed by atoms with van der Waals surface area (Å²) < 4.78 is 0. The van der Waals surface area contributed by atoms with Crippen molar-refractivity contribution >= 4 is 23.4 Å². The summed E-state index contributed by atoms with van der Waals surface area (Å²) in [6, 6.07) is 30.2. The standard InChI is InChI=1S/C34H33N3O2S/c1-22(38)36-23-12-14-25(15-13-23)40-33-28(9-6-17-35-33)32-19-24(39)16-18-37(32)21-34-20-29(26-7-2-4-10-30(26)34)27-8-3-5-11-31(27)34/h2-15,17,24,29,32,39H,16,18-21H2,1H3,(H,36,38). The molecule has 3 aromatic carbocycles. The van der Waals surface area contributed by atoms with E-state index < -0.39 is 0 Å². The van der Waals surface area contributed by atoms with Gasteiger partial charge in [0.15, 0.2) is 0 Å². The number of aliphatic hydroxyl groups excluding tert-OH is 1. The highest BCUT2D eigenvalue weighted by Crippen LogP contribution is 2.60. The Morgan fingerprint density at radius 3 is 2.35 bits per heavy atom. The normalized spacial score (nSPS) is 24.9. The highest BCUT2D eigenvalue weighted by Gasteiger charge is 2.53. The third-order valence-corrected chi connectivity index (χ3v) is 10.0. The minimum absolute atomic E-state index is 0.0343. The van der Waals surface area contributed by atoms with Gasteiger partial charge >= 0.3 is 0 Å². The molecule has 1 saturated heterocycles. The fourth-order valence-electron chi connectivity index (χ4n) is 7.33. The number of amides is 1. The number of hydrogen-bond acceptors (Lipinski definition) is 5. The van der Waals surface area contributed by atoms with Crippen molar-refractivity contribution in [2.45, 2.75) is 59.6 Å². The number of piperidine rings is 1. The second-order valence-electron chi connectivity index (χ2n) is 11.4. The van der Waals surface area contributed by atoms with Crippen molar-refractivity contribution in [3.63, 3.8) is 0 Å². The Morgan fingerprint density at radius 2 is 1.65 bits per heavy atom. The lowest BCUT2D eigenvalue weighted by Gasteiger charge is -2.44. The molecule has 1 aliphatic heterocycles. The van der Waals surface area contributed by atoms with Gasteiger partial charge in [-0.3, -0.25) is 9.69 Å². The summed E-state index contributed by atoms with van der Waals surface area (Å²) >= 11 is 1.64. The number of benzene rings is 3. The third-order valence-electron chi connectivity index (χ3n) is 8.96. The number of nitrogens with zero attached hydrogens (tertiary/aromatic N) is 2. The quantitative estimate of drug-likeness (QED) is 0.288. The first kappa shape index (κ1) is 25.5. The van der Waals surface area contributed by atoms with Gasteiger partial charge in [-0.1, -0.05) is 66.4 Å². The topological polar surface area (TPSA) is 65.5 Å². The molecule has 3 aliphatic rings. The van der Waals surface area contributed by atoms with Crippen molar-refractivity contribution < 1.29 is 9.90 Å². The van der Waals surface area contributed by atoms with Crippen LogP contribution in [-0.4, -0.2) is 40.1 Å². The van der Waals surface area contributed by atoms with Crippen LogP contribution in [-0.2, 0) is 10.2 Å². The molecule has 0 spiro atoms. The molecule has 2 unspecified atom stereocenters. The van der Waals surface area contributed by atoms with Gasteiger partial charge in [0.2, 0.25) is 5.91 Å². The largest absolute Gasteiger partial charge is 0.393 e. The zero-order valence-corrected chi connectivity index (χ0v) is 23.4. The molecule has 2 aliphatic carbocycles. The predicted molar refractivity (Wildman–Crippen MR) is 159 cm³/mol. The van der Waals surface area contributed by atoms with E-state index in [1.165, 1.54) is 34.7 Å². The predicted octanol–water partition coefficient (Wildman–Crippen LogP) is 6.52. The van der Waals surface area contributed by atoms with E-state index in [1.807, 2.05) is 36.5 Å². The van der Waals surface area contributed by atoms with Gasteiger partial charge < -0.3 is 10.4 Å². The van der Waals surface area contributed by atoms with Gasteiger partial charge in [-0.05, 0) is 71.8 Å². The van der Waals surface area contributed by atoms with Crippen LogP contribution < -0.4 is 5.32 Å². The average molecular weight is 548 g/mol. The molecular weight excluding hydrogens is 514 g/mol. The average Bonchev–Trinajstić information content (AvgIpc) is 3.47. The minimum atomic E-state index is -0.326. The molecule has 202 valence electrons. The van der Waals surface area contributed by atoms with E-state index in [1.54, 1.807) is 11.8 Å². The van der Waals surface area contributed by atoms with Crippen molar-refractivity contribution in [1.82, 2.24) is 9.88 Å². The Bertz CT molecular complexity index is 1520. The number of pyridine rings is 1. The lowest BCUT2D eigenvalue weighted by atomic mass is 9.74. The number of hydrogen-bond donors (Lipinski definition) is 2. The maximum absolute atomic E-state index is 11.4. The van der Waals surface area contributed by atoms with Crippen LogP contribution in [0.4, 0.5) is 5.69 Å². The number of aliphatic hydroxyl groups is 1. The van der Waals surface area contributed by atoms with E-state index in [-0.39, 0.29) is 23.5 Å². The van der Waals surface area contributed by atoms with E-state index in [9.17, 15) is 9.90 Å². The fraction of sp³-hybridized carbons (Fsp3) is 0.294. The Labute approximate surface area is 239 Å². The van der Waals surface area contributed by atoms with Crippen LogP contribution in [0.3, 0.4) is 0 Å². The Kier molecular flexibility index (Phi) is 6.50. The SMILES string of the molecule is CC(=O)Nc1ccc(Sc2ncccc2C2CC(O)CCN2CC23CC(c4ccccc42)c2ccccc23)cc1. The van der Waals surface area contributed by atoms with Crippen molar-refractivity contribution in [3.8, 4) is 0 Å². The number of aromatic nitrogens is 1. The van der Waals surface area contributed by atoms with Gasteiger partial charge in [0.25, 0.3) is 0 Å². The summed E-state index contributed by atoms with van der Waals surface area (Å²) in [5.74, 6) is 0.384. The summed E-state index contributed by atoms with van der Waals surface area (Å²) in [7, 11) is 0. The molecule has 7 rings (SSSR count). The smallest absolute Gasteiger partial charge is 0.221 e. The number of fused-ring (bicyclic) bond motifs is 8. The molecule has 1 fully saturated rings. The first-order chi connectivity index (χ1) is 19.5. The highest BCUT2D eigenvalue weighted by molar-refractivity contribution is 7.99. The third kappa shape index (κ3) is 4.35. The van der Waals surface area contributed by atoms with Crippen LogP contribution >= 0.6 is 11.8 Å². The fourth-order valence-corrected chi connectivity index (χ4v) is 8.26. The maximum Gasteiger partial charge on any atom is 0.221 e. The van der Waals surface area contributed by atoms with Crippen molar-refractivity contribution in [1.29, 1.82) is 0 Å². The summed E-state index contributed by atoms with van der Waals surface area (Å²) in [5, 5.41) is 14.7. The van der Waals surface area contributed by atoms with Gasteiger partial charge in [0, 0.05) is 59.7 Å². The number of carbonyl (C=O) groups excluding carboxylic acids is 1. The van der Waals surface area contributed by atoms with Gasteiger partial charge in [-0.25, -0.2) is 4.98 Å². The maximum atomic E-state index is 11.4. The van der Waals surface area contributed by atoms with Crippen molar-refractivity contribution in [2.75, 3.05) is 18.4 Å². The second-order valence-corrected chi connectivity index (χ2v) is 12.4. The van der Waals surface area contributed by atoms with Gasteiger partial charge in [0.05, 0.1) is 6.10 Å². The molecule has 1 aromatic heterocycles. The Hall–Kier alpha value is -3.45. The van der Waals surface area contributed by atoms with Gasteiger partial charge in [-0.15, -0.1) is 0 Å². The zero-order chi connectivity index (χ0) is 27.3. The first-order valence-corrected chi connectivity index (χ1v) is 14.9. The number of rotatable bonds is 6. The number of nitrogens with one attached hydrogen (secondary N) is 1. The molecule has 0 saturated carbocycles. The monoisotopic (exact) mass is 547 g/mol.